The van der Waals surface area contributed by atoms with Crippen LogP contribution in [0.15, 0.2) is 18.2 Å². The van der Waals surface area contributed by atoms with E-state index < -0.39 is 0 Å². The van der Waals surface area contributed by atoms with Crippen molar-refractivity contribution in [3.05, 3.63) is 23.9 Å². The Morgan fingerprint density at radius 2 is 2.27 bits per heavy atom. The summed E-state index contributed by atoms with van der Waals surface area (Å²) in [5.74, 6) is 1.13. The van der Waals surface area contributed by atoms with Crippen molar-refractivity contribution < 1.29 is 4.79 Å². The number of aromatic nitrogens is 1. The molecule has 0 unspecified atom stereocenters. The Morgan fingerprint density at radius 3 is 2.87 bits per heavy atom. The van der Waals surface area contributed by atoms with Gasteiger partial charge < -0.3 is 5.32 Å². The van der Waals surface area contributed by atoms with Gasteiger partial charge in [-0.2, -0.15) is 0 Å². The second-order valence-corrected chi connectivity index (χ2v) is 3.96. The molecule has 1 fully saturated rings. The first-order valence-corrected chi connectivity index (χ1v) is 5.21. The molecule has 2 heterocycles. The largest absolute Gasteiger partial charge is 0.336 e. The van der Waals surface area contributed by atoms with Gasteiger partial charge in [0.25, 0.3) is 0 Å². The predicted molar refractivity (Wildman–Crippen MR) is 59.1 cm³/mol. The second-order valence-electron chi connectivity index (χ2n) is 3.96. The van der Waals surface area contributed by atoms with Crippen LogP contribution in [0.4, 0.5) is 10.6 Å². The summed E-state index contributed by atoms with van der Waals surface area (Å²) in [6.07, 6.45) is 0. The fourth-order valence-electron chi connectivity index (χ4n) is 1.60. The van der Waals surface area contributed by atoms with E-state index in [0.29, 0.717) is 19.0 Å². The lowest BCUT2D eigenvalue weighted by Gasteiger charge is -2.14. The van der Waals surface area contributed by atoms with E-state index >= 15 is 0 Å². The number of anilines is 1. The van der Waals surface area contributed by atoms with Crippen molar-refractivity contribution in [3.63, 3.8) is 0 Å². The Bertz CT molecular complexity index is 376. The Labute approximate surface area is 89.3 Å². The third-order valence-electron chi connectivity index (χ3n) is 2.48. The van der Waals surface area contributed by atoms with Crippen LogP contribution in [0.3, 0.4) is 0 Å². The number of rotatable bonds is 2. The van der Waals surface area contributed by atoms with Crippen molar-refractivity contribution in [2.75, 3.05) is 18.0 Å². The Balaban J connectivity index is 2.28. The van der Waals surface area contributed by atoms with Crippen LogP contribution in [0, 0.1) is 0 Å². The zero-order valence-electron chi connectivity index (χ0n) is 9.03. The lowest BCUT2D eigenvalue weighted by Crippen LogP contribution is -2.28. The maximum Gasteiger partial charge on any atom is 0.323 e. The molecule has 0 atom stereocenters. The van der Waals surface area contributed by atoms with Gasteiger partial charge in [0.1, 0.15) is 5.82 Å². The summed E-state index contributed by atoms with van der Waals surface area (Å²) in [7, 11) is 0. The summed E-state index contributed by atoms with van der Waals surface area (Å²) in [5, 5.41) is 2.76. The average molecular weight is 205 g/mol. The van der Waals surface area contributed by atoms with E-state index in [-0.39, 0.29) is 6.03 Å². The number of hydrogen-bond acceptors (Lipinski definition) is 2. The minimum Gasteiger partial charge on any atom is -0.336 e. The van der Waals surface area contributed by atoms with Crippen LogP contribution in [-0.2, 0) is 0 Å². The molecule has 15 heavy (non-hydrogen) atoms. The predicted octanol–water partition coefficient (Wildman–Crippen LogP) is 1.73. The molecule has 4 heteroatoms. The van der Waals surface area contributed by atoms with E-state index in [4.69, 9.17) is 0 Å². The molecule has 0 aliphatic carbocycles. The highest BCUT2D eigenvalue weighted by atomic mass is 16.2. The van der Waals surface area contributed by atoms with Gasteiger partial charge >= 0.3 is 6.03 Å². The van der Waals surface area contributed by atoms with Gasteiger partial charge in [0.15, 0.2) is 0 Å². The topological polar surface area (TPSA) is 45.2 Å². The van der Waals surface area contributed by atoms with Gasteiger partial charge in [-0.15, -0.1) is 0 Å². The number of hydrogen-bond donors (Lipinski definition) is 1. The first-order chi connectivity index (χ1) is 7.18. The van der Waals surface area contributed by atoms with Crippen molar-refractivity contribution in [1.29, 1.82) is 0 Å². The average Bonchev–Trinajstić information content (AvgIpc) is 2.64. The summed E-state index contributed by atoms with van der Waals surface area (Å²) >= 11 is 0. The van der Waals surface area contributed by atoms with E-state index in [2.05, 4.69) is 24.1 Å². The van der Waals surface area contributed by atoms with Gasteiger partial charge in [-0.1, -0.05) is 19.9 Å². The number of amides is 2. The summed E-state index contributed by atoms with van der Waals surface area (Å²) in [5.41, 5.74) is 1.02. The van der Waals surface area contributed by atoms with Crippen LogP contribution in [0.5, 0.6) is 0 Å². The van der Waals surface area contributed by atoms with Crippen molar-refractivity contribution in [1.82, 2.24) is 10.3 Å². The lowest BCUT2D eigenvalue weighted by molar-refractivity contribution is 0.252. The minimum atomic E-state index is -0.0524. The normalized spacial score (nSPS) is 15.9. The number of carbonyl (C=O) groups is 1. The summed E-state index contributed by atoms with van der Waals surface area (Å²) < 4.78 is 0. The van der Waals surface area contributed by atoms with Crippen LogP contribution >= 0.6 is 0 Å². The van der Waals surface area contributed by atoms with Crippen LogP contribution in [-0.4, -0.2) is 24.1 Å². The monoisotopic (exact) mass is 205 g/mol. The lowest BCUT2D eigenvalue weighted by atomic mass is 10.1. The highest BCUT2D eigenvalue weighted by molar-refractivity contribution is 5.93. The molecule has 1 N–H and O–H groups in total. The van der Waals surface area contributed by atoms with Gasteiger partial charge in [0.05, 0.1) is 0 Å². The smallest absolute Gasteiger partial charge is 0.323 e. The fourth-order valence-corrected chi connectivity index (χ4v) is 1.60. The quantitative estimate of drug-likeness (QED) is 0.799. The van der Waals surface area contributed by atoms with E-state index in [9.17, 15) is 4.79 Å². The van der Waals surface area contributed by atoms with Crippen molar-refractivity contribution in [2.24, 2.45) is 0 Å². The van der Waals surface area contributed by atoms with Crippen LogP contribution in [0.25, 0.3) is 0 Å². The number of carbonyl (C=O) groups excluding carboxylic acids is 1. The highest BCUT2D eigenvalue weighted by Gasteiger charge is 2.22. The molecule has 1 aromatic heterocycles. The van der Waals surface area contributed by atoms with Crippen molar-refractivity contribution in [3.8, 4) is 0 Å². The van der Waals surface area contributed by atoms with Gasteiger partial charge in [-0.3, -0.25) is 4.90 Å². The van der Waals surface area contributed by atoms with Crippen molar-refractivity contribution in [2.45, 2.75) is 19.8 Å². The molecule has 2 rings (SSSR count). The van der Waals surface area contributed by atoms with Gasteiger partial charge in [-0.25, -0.2) is 9.78 Å². The van der Waals surface area contributed by atoms with E-state index in [1.54, 1.807) is 4.90 Å². The summed E-state index contributed by atoms with van der Waals surface area (Å²) in [6, 6.07) is 5.76. The SMILES string of the molecule is CC(C)c1cccc(N2CCNC2=O)n1. The molecule has 1 aliphatic rings. The number of nitrogens with one attached hydrogen (secondary N) is 1. The minimum absolute atomic E-state index is 0.0524. The molecular weight excluding hydrogens is 190 g/mol. The third-order valence-corrected chi connectivity index (χ3v) is 2.48. The van der Waals surface area contributed by atoms with Crippen LogP contribution < -0.4 is 10.2 Å². The number of urea groups is 1. The Hall–Kier alpha value is -1.58. The molecule has 4 nitrogen and oxygen atoms in total. The third kappa shape index (κ3) is 1.93. The second kappa shape index (κ2) is 3.88. The van der Waals surface area contributed by atoms with Crippen LogP contribution in [0.1, 0.15) is 25.5 Å². The van der Waals surface area contributed by atoms with E-state index in [1.165, 1.54) is 0 Å². The van der Waals surface area contributed by atoms with Gasteiger partial charge in [0.2, 0.25) is 0 Å². The molecule has 0 radical (unpaired) electrons. The molecule has 80 valence electrons. The number of nitrogens with zero attached hydrogens (tertiary/aromatic N) is 2. The maximum atomic E-state index is 11.4. The standard InChI is InChI=1S/C11H15N3O/c1-8(2)9-4-3-5-10(13-9)14-7-6-12-11(14)15/h3-5,8H,6-7H2,1-2H3,(H,12,15). The molecular formula is C11H15N3O. The molecule has 0 bridgehead atoms. The molecule has 0 spiro atoms. The molecule has 2 amide bonds. The highest BCUT2D eigenvalue weighted by Crippen LogP contribution is 2.18. The Morgan fingerprint density at radius 1 is 1.47 bits per heavy atom. The first kappa shape index (κ1) is 9.96. The number of pyridine rings is 1. The van der Waals surface area contributed by atoms with Gasteiger partial charge in [0, 0.05) is 18.8 Å². The van der Waals surface area contributed by atoms with Gasteiger partial charge in [-0.05, 0) is 18.1 Å². The molecule has 1 aliphatic heterocycles. The Kier molecular flexibility index (Phi) is 2.58. The summed E-state index contributed by atoms with van der Waals surface area (Å²) in [4.78, 5) is 17.6. The fraction of sp³-hybridized carbons (Fsp3) is 0.455. The molecule has 0 saturated carbocycles. The molecule has 0 aromatic carbocycles. The summed E-state index contributed by atoms with van der Waals surface area (Å²) in [6.45, 7) is 5.59. The molecule has 1 aromatic rings. The maximum absolute atomic E-state index is 11.4. The van der Waals surface area contributed by atoms with E-state index in [0.717, 1.165) is 11.5 Å². The van der Waals surface area contributed by atoms with Crippen molar-refractivity contribution >= 4 is 11.8 Å². The zero-order chi connectivity index (χ0) is 10.8. The zero-order valence-corrected chi connectivity index (χ0v) is 9.03. The van der Waals surface area contributed by atoms with E-state index in [1.807, 2.05) is 18.2 Å². The molecule has 1 saturated heterocycles. The van der Waals surface area contributed by atoms with Crippen LogP contribution in [0.2, 0.25) is 0 Å². The first-order valence-electron chi connectivity index (χ1n) is 5.21.